The van der Waals surface area contributed by atoms with Gasteiger partial charge < -0.3 is 24.8 Å². The van der Waals surface area contributed by atoms with Crippen LogP contribution < -0.4 is 10.1 Å². The van der Waals surface area contributed by atoms with E-state index in [1.165, 1.54) is 26.4 Å². The van der Waals surface area contributed by atoms with Crippen LogP contribution in [0.3, 0.4) is 0 Å². The van der Waals surface area contributed by atoms with Crippen molar-refractivity contribution in [1.29, 1.82) is 0 Å². The molecule has 0 spiro atoms. The van der Waals surface area contributed by atoms with Crippen molar-refractivity contribution in [2.24, 2.45) is 11.8 Å². The highest BCUT2D eigenvalue weighted by Crippen LogP contribution is 2.31. The fourth-order valence-electron chi connectivity index (χ4n) is 4.21. The second kappa shape index (κ2) is 10.5. The first-order chi connectivity index (χ1) is 14.5. The van der Waals surface area contributed by atoms with Crippen LogP contribution in [0.15, 0.2) is 18.2 Å². The number of nitrogens with one attached hydrogen (secondary N) is 1. The molecule has 1 aliphatic carbocycles. The Morgan fingerprint density at radius 1 is 1.20 bits per heavy atom. The van der Waals surface area contributed by atoms with Crippen molar-refractivity contribution in [3.8, 4) is 11.5 Å². The van der Waals surface area contributed by atoms with Gasteiger partial charge >= 0.3 is 6.09 Å². The van der Waals surface area contributed by atoms with Gasteiger partial charge in [0, 0.05) is 19.6 Å². The summed E-state index contributed by atoms with van der Waals surface area (Å²) < 4.78 is 10.7. The minimum atomic E-state index is -0.292. The molecule has 0 aromatic heterocycles. The average Bonchev–Trinajstić information content (AvgIpc) is 2.71. The van der Waals surface area contributed by atoms with Gasteiger partial charge in [-0.25, -0.2) is 4.79 Å². The maximum absolute atomic E-state index is 12.3. The molecule has 1 aliphatic heterocycles. The fourth-order valence-corrected chi connectivity index (χ4v) is 4.21. The van der Waals surface area contributed by atoms with E-state index in [9.17, 15) is 14.7 Å². The molecule has 3 rings (SSSR count). The largest absolute Gasteiger partial charge is 0.504 e. The molecular weight excluding hydrogens is 384 g/mol. The quantitative estimate of drug-likeness (QED) is 0.670. The number of carbonyl (C=O) groups excluding carboxylic acids is 2. The number of phenols is 1. The molecule has 0 atom stereocenters. The Balaban J connectivity index is 1.34. The standard InChI is InChI=1S/C23H34N2O5/c1-3-4-5-16-6-9-19(10-7-16)30-23(28)25-14-18(15-25)22(27)24-13-17-8-11-20(26)21(12-17)29-2/h8,11-12,16,18-19,26H,3-7,9-10,13-15H2,1-2H3,(H,24,27)/t16-,19+. The summed E-state index contributed by atoms with van der Waals surface area (Å²) >= 11 is 0. The van der Waals surface area contributed by atoms with Crippen LogP contribution in [0.5, 0.6) is 11.5 Å². The number of methoxy groups -OCH3 is 1. The second-order valence-corrected chi connectivity index (χ2v) is 8.49. The number of carbonyl (C=O) groups is 2. The molecule has 166 valence electrons. The molecule has 0 unspecified atom stereocenters. The lowest BCUT2D eigenvalue weighted by Crippen LogP contribution is -2.56. The van der Waals surface area contributed by atoms with Crippen LogP contribution in [0, 0.1) is 11.8 Å². The molecule has 1 heterocycles. The molecule has 1 aromatic rings. The van der Waals surface area contributed by atoms with E-state index in [-0.39, 0.29) is 29.8 Å². The monoisotopic (exact) mass is 418 g/mol. The van der Waals surface area contributed by atoms with E-state index in [1.807, 2.05) is 0 Å². The van der Waals surface area contributed by atoms with Crippen LogP contribution in [-0.2, 0) is 16.1 Å². The normalized spacial score (nSPS) is 21.6. The lowest BCUT2D eigenvalue weighted by atomic mass is 9.84. The van der Waals surface area contributed by atoms with Gasteiger partial charge in [0.1, 0.15) is 6.10 Å². The number of hydrogen-bond acceptors (Lipinski definition) is 5. The van der Waals surface area contributed by atoms with Crippen molar-refractivity contribution in [2.45, 2.75) is 64.5 Å². The maximum Gasteiger partial charge on any atom is 0.410 e. The summed E-state index contributed by atoms with van der Waals surface area (Å²) in [7, 11) is 1.48. The molecule has 7 heteroatoms. The maximum atomic E-state index is 12.3. The van der Waals surface area contributed by atoms with E-state index in [1.54, 1.807) is 23.1 Å². The zero-order valence-electron chi connectivity index (χ0n) is 18.1. The summed E-state index contributed by atoms with van der Waals surface area (Å²) in [6, 6.07) is 4.97. The number of benzene rings is 1. The number of phenolic OH excluding ortho intramolecular Hbond substituents is 1. The summed E-state index contributed by atoms with van der Waals surface area (Å²) in [5.74, 6) is 0.934. The molecule has 1 saturated heterocycles. The molecular formula is C23H34N2O5. The number of likely N-dealkylation sites (tertiary alicyclic amines) is 1. The van der Waals surface area contributed by atoms with Crippen molar-refractivity contribution < 1.29 is 24.2 Å². The summed E-state index contributed by atoms with van der Waals surface area (Å²) in [5, 5.41) is 12.5. The van der Waals surface area contributed by atoms with Crippen LogP contribution in [0.1, 0.15) is 57.4 Å². The number of rotatable bonds is 8. The highest BCUT2D eigenvalue weighted by Gasteiger charge is 2.37. The van der Waals surface area contributed by atoms with Crippen LogP contribution in [0.2, 0.25) is 0 Å². The van der Waals surface area contributed by atoms with Crippen LogP contribution in [-0.4, -0.2) is 48.3 Å². The molecule has 0 radical (unpaired) electrons. The first kappa shape index (κ1) is 22.2. The Morgan fingerprint density at radius 3 is 2.60 bits per heavy atom. The SMILES string of the molecule is CCCC[C@H]1CC[C@@H](OC(=O)N2CC(C(=O)NCc3ccc(O)c(OC)c3)C2)CC1. The predicted octanol–water partition coefficient (Wildman–Crippen LogP) is 3.83. The number of nitrogens with zero attached hydrogens (tertiary/aromatic N) is 1. The van der Waals surface area contributed by atoms with Gasteiger partial charge in [0.25, 0.3) is 0 Å². The Kier molecular flexibility index (Phi) is 7.82. The Hall–Kier alpha value is -2.44. The smallest absolute Gasteiger partial charge is 0.410 e. The van der Waals surface area contributed by atoms with Gasteiger partial charge in [-0.1, -0.05) is 32.3 Å². The third kappa shape index (κ3) is 5.80. The first-order valence-corrected chi connectivity index (χ1v) is 11.1. The molecule has 2 amide bonds. The highest BCUT2D eigenvalue weighted by molar-refractivity contribution is 5.82. The molecule has 30 heavy (non-hydrogen) atoms. The third-order valence-corrected chi connectivity index (χ3v) is 6.25. The van der Waals surface area contributed by atoms with E-state index in [0.717, 1.165) is 37.2 Å². The minimum Gasteiger partial charge on any atom is -0.504 e. The summed E-state index contributed by atoms with van der Waals surface area (Å²) in [6.07, 6.45) is 7.73. The van der Waals surface area contributed by atoms with E-state index in [2.05, 4.69) is 12.2 Å². The van der Waals surface area contributed by atoms with Gasteiger partial charge in [0.05, 0.1) is 13.0 Å². The molecule has 1 aromatic carbocycles. The number of hydrogen-bond donors (Lipinski definition) is 2. The lowest BCUT2D eigenvalue weighted by Gasteiger charge is -2.38. The Morgan fingerprint density at radius 2 is 1.93 bits per heavy atom. The van der Waals surface area contributed by atoms with Gasteiger partial charge in [-0.3, -0.25) is 4.79 Å². The Bertz CT molecular complexity index is 724. The van der Waals surface area contributed by atoms with Gasteiger partial charge in [-0.2, -0.15) is 0 Å². The zero-order valence-corrected chi connectivity index (χ0v) is 18.1. The molecule has 7 nitrogen and oxygen atoms in total. The fraction of sp³-hybridized carbons (Fsp3) is 0.652. The van der Waals surface area contributed by atoms with Gasteiger partial charge in [0.15, 0.2) is 11.5 Å². The van der Waals surface area contributed by atoms with Gasteiger partial charge in [-0.05, 0) is 49.3 Å². The number of amides is 2. The van der Waals surface area contributed by atoms with Crippen molar-refractivity contribution in [2.75, 3.05) is 20.2 Å². The summed E-state index contributed by atoms with van der Waals surface area (Å²) in [5.41, 5.74) is 0.836. The van der Waals surface area contributed by atoms with E-state index in [4.69, 9.17) is 9.47 Å². The van der Waals surface area contributed by atoms with E-state index >= 15 is 0 Å². The lowest BCUT2D eigenvalue weighted by molar-refractivity contribution is -0.129. The molecule has 1 saturated carbocycles. The van der Waals surface area contributed by atoms with Crippen molar-refractivity contribution in [3.05, 3.63) is 23.8 Å². The summed E-state index contributed by atoms with van der Waals surface area (Å²) in [4.78, 5) is 26.3. The summed E-state index contributed by atoms with van der Waals surface area (Å²) in [6.45, 7) is 3.36. The minimum absolute atomic E-state index is 0.0210. The Labute approximate surface area is 178 Å². The topological polar surface area (TPSA) is 88.1 Å². The number of ether oxygens (including phenoxy) is 2. The third-order valence-electron chi connectivity index (χ3n) is 6.25. The predicted molar refractivity (Wildman–Crippen MR) is 113 cm³/mol. The zero-order chi connectivity index (χ0) is 21.5. The first-order valence-electron chi connectivity index (χ1n) is 11.1. The molecule has 2 fully saturated rings. The van der Waals surface area contributed by atoms with Crippen molar-refractivity contribution >= 4 is 12.0 Å². The van der Waals surface area contributed by atoms with E-state index in [0.29, 0.717) is 25.4 Å². The van der Waals surface area contributed by atoms with Crippen LogP contribution in [0.4, 0.5) is 4.79 Å². The molecule has 2 N–H and O–H groups in total. The number of aromatic hydroxyl groups is 1. The van der Waals surface area contributed by atoms with Crippen molar-refractivity contribution in [3.63, 3.8) is 0 Å². The number of unbranched alkanes of at least 4 members (excludes halogenated alkanes) is 1. The molecule has 0 bridgehead atoms. The van der Waals surface area contributed by atoms with Crippen LogP contribution in [0.25, 0.3) is 0 Å². The average molecular weight is 419 g/mol. The van der Waals surface area contributed by atoms with E-state index < -0.39 is 0 Å². The highest BCUT2D eigenvalue weighted by atomic mass is 16.6. The van der Waals surface area contributed by atoms with Gasteiger partial charge in [-0.15, -0.1) is 0 Å². The van der Waals surface area contributed by atoms with Crippen LogP contribution >= 0.6 is 0 Å². The van der Waals surface area contributed by atoms with Gasteiger partial charge in [0.2, 0.25) is 5.91 Å². The second-order valence-electron chi connectivity index (χ2n) is 8.49. The van der Waals surface area contributed by atoms with Crippen molar-refractivity contribution in [1.82, 2.24) is 10.2 Å². The molecule has 2 aliphatic rings.